The second-order valence-electron chi connectivity index (χ2n) is 8.93. The molecular formula is C24H37N3O2. The molecule has 1 aromatic rings. The maximum atomic E-state index is 13.0. The zero-order chi connectivity index (χ0) is 19.9. The van der Waals surface area contributed by atoms with Gasteiger partial charge in [-0.2, -0.15) is 0 Å². The van der Waals surface area contributed by atoms with Crippen LogP contribution < -0.4 is 0 Å². The second-order valence-corrected chi connectivity index (χ2v) is 8.93. The van der Waals surface area contributed by atoms with E-state index in [-0.39, 0.29) is 5.92 Å². The second kappa shape index (κ2) is 10.6. The quantitative estimate of drug-likeness (QED) is 0.763. The van der Waals surface area contributed by atoms with Crippen LogP contribution in [-0.2, 0) is 16.0 Å². The van der Waals surface area contributed by atoms with Crippen LogP contribution in [0.4, 0.5) is 0 Å². The van der Waals surface area contributed by atoms with E-state index in [4.69, 9.17) is 4.74 Å². The lowest BCUT2D eigenvalue weighted by atomic mass is 9.92. The highest BCUT2D eigenvalue weighted by Gasteiger charge is 2.33. The van der Waals surface area contributed by atoms with Gasteiger partial charge in [0.2, 0.25) is 5.91 Å². The first-order valence-electron chi connectivity index (χ1n) is 11.7. The average Bonchev–Trinajstić information content (AvgIpc) is 3.08. The van der Waals surface area contributed by atoms with E-state index in [0.29, 0.717) is 18.6 Å². The fraction of sp³-hybridized carbons (Fsp3) is 0.708. The summed E-state index contributed by atoms with van der Waals surface area (Å²) < 4.78 is 5.53. The van der Waals surface area contributed by atoms with Gasteiger partial charge in [0.25, 0.3) is 0 Å². The summed E-state index contributed by atoms with van der Waals surface area (Å²) >= 11 is 0. The minimum absolute atomic E-state index is 0.193. The van der Waals surface area contributed by atoms with Crippen LogP contribution in [0.15, 0.2) is 30.3 Å². The van der Waals surface area contributed by atoms with E-state index in [0.717, 1.165) is 58.5 Å². The van der Waals surface area contributed by atoms with Crippen molar-refractivity contribution < 1.29 is 9.53 Å². The van der Waals surface area contributed by atoms with Gasteiger partial charge in [0, 0.05) is 38.8 Å². The lowest BCUT2D eigenvalue weighted by molar-refractivity contribution is -0.137. The largest absolute Gasteiger partial charge is 0.380 e. The Morgan fingerprint density at radius 2 is 1.76 bits per heavy atom. The first-order chi connectivity index (χ1) is 14.3. The van der Waals surface area contributed by atoms with E-state index in [1.807, 2.05) is 0 Å². The Balaban J connectivity index is 1.22. The molecule has 0 radical (unpaired) electrons. The molecule has 1 amide bonds. The van der Waals surface area contributed by atoms with Gasteiger partial charge in [0.05, 0.1) is 12.5 Å². The Bertz CT molecular complexity index is 622. The molecule has 29 heavy (non-hydrogen) atoms. The lowest BCUT2D eigenvalue weighted by Gasteiger charge is -2.42. The van der Waals surface area contributed by atoms with E-state index in [9.17, 15) is 4.79 Å². The molecule has 0 bridgehead atoms. The summed E-state index contributed by atoms with van der Waals surface area (Å²) in [7, 11) is 0. The molecule has 0 N–H and O–H groups in total. The van der Waals surface area contributed by atoms with Gasteiger partial charge in [-0.1, -0.05) is 30.3 Å². The van der Waals surface area contributed by atoms with Crippen LogP contribution in [0.5, 0.6) is 0 Å². The van der Waals surface area contributed by atoms with Gasteiger partial charge in [-0.15, -0.1) is 0 Å². The number of amides is 1. The highest BCUT2D eigenvalue weighted by atomic mass is 16.5. The van der Waals surface area contributed by atoms with Crippen molar-refractivity contribution in [3.8, 4) is 0 Å². The number of ether oxygens (including phenoxy) is 1. The van der Waals surface area contributed by atoms with Crippen LogP contribution >= 0.6 is 0 Å². The predicted molar refractivity (Wildman–Crippen MR) is 116 cm³/mol. The molecule has 3 aliphatic rings. The van der Waals surface area contributed by atoms with Crippen molar-refractivity contribution in [2.24, 2.45) is 5.92 Å². The van der Waals surface area contributed by atoms with Crippen molar-refractivity contribution in [3.63, 3.8) is 0 Å². The van der Waals surface area contributed by atoms with Gasteiger partial charge < -0.3 is 14.5 Å². The van der Waals surface area contributed by atoms with Crippen molar-refractivity contribution in [1.82, 2.24) is 14.7 Å². The van der Waals surface area contributed by atoms with Gasteiger partial charge in [-0.05, 0) is 63.7 Å². The summed E-state index contributed by atoms with van der Waals surface area (Å²) in [4.78, 5) is 20.4. The molecule has 0 spiro atoms. The van der Waals surface area contributed by atoms with Crippen LogP contribution in [0.25, 0.3) is 0 Å². The molecule has 0 saturated carbocycles. The van der Waals surface area contributed by atoms with E-state index >= 15 is 0 Å². The molecule has 3 fully saturated rings. The number of hydrogen-bond donors (Lipinski definition) is 0. The summed E-state index contributed by atoms with van der Waals surface area (Å²) in [5, 5.41) is 0. The Morgan fingerprint density at radius 1 is 0.931 bits per heavy atom. The Morgan fingerprint density at radius 3 is 2.59 bits per heavy atom. The van der Waals surface area contributed by atoms with Crippen LogP contribution in [-0.4, -0.2) is 85.7 Å². The molecule has 0 unspecified atom stereocenters. The molecule has 3 aliphatic heterocycles. The zero-order valence-electron chi connectivity index (χ0n) is 17.8. The van der Waals surface area contributed by atoms with Crippen LogP contribution in [0.1, 0.15) is 37.7 Å². The normalized spacial score (nSPS) is 25.7. The molecule has 3 saturated heterocycles. The minimum atomic E-state index is 0.193. The fourth-order valence-corrected chi connectivity index (χ4v) is 5.20. The highest BCUT2D eigenvalue weighted by molar-refractivity contribution is 5.79. The van der Waals surface area contributed by atoms with Gasteiger partial charge in [0.1, 0.15) is 0 Å². The number of rotatable bonds is 5. The lowest BCUT2D eigenvalue weighted by Crippen LogP contribution is -2.51. The molecule has 160 valence electrons. The number of likely N-dealkylation sites (tertiary alicyclic amines) is 2. The molecule has 4 rings (SSSR count). The van der Waals surface area contributed by atoms with E-state index in [1.54, 1.807) is 0 Å². The standard InChI is InChI=1S/C24H37N3O2/c28-24(26-13-5-18-29-19-17-26)22-8-4-12-27(20-22)23-10-15-25(16-11-23)14-9-21-6-2-1-3-7-21/h1-3,6-7,22-23H,4-5,8-20H2/t22-/m0/s1. The summed E-state index contributed by atoms with van der Waals surface area (Å²) in [6, 6.07) is 11.5. The summed E-state index contributed by atoms with van der Waals surface area (Å²) in [6.07, 6.45) is 6.83. The third kappa shape index (κ3) is 5.80. The van der Waals surface area contributed by atoms with Crippen LogP contribution in [0, 0.1) is 5.92 Å². The van der Waals surface area contributed by atoms with E-state index in [2.05, 4.69) is 45.0 Å². The molecular weight excluding hydrogens is 362 g/mol. The first-order valence-corrected chi connectivity index (χ1v) is 11.7. The maximum absolute atomic E-state index is 13.0. The van der Waals surface area contributed by atoms with Gasteiger partial charge >= 0.3 is 0 Å². The number of benzene rings is 1. The van der Waals surface area contributed by atoms with E-state index < -0.39 is 0 Å². The average molecular weight is 400 g/mol. The minimum Gasteiger partial charge on any atom is -0.380 e. The summed E-state index contributed by atoms with van der Waals surface area (Å²) in [6.45, 7) is 8.81. The number of nitrogens with zero attached hydrogens (tertiary/aromatic N) is 3. The molecule has 3 heterocycles. The number of hydrogen-bond acceptors (Lipinski definition) is 4. The fourth-order valence-electron chi connectivity index (χ4n) is 5.20. The van der Waals surface area contributed by atoms with Crippen LogP contribution in [0.3, 0.4) is 0 Å². The molecule has 0 aliphatic carbocycles. The van der Waals surface area contributed by atoms with E-state index in [1.165, 1.54) is 38.0 Å². The Kier molecular flexibility index (Phi) is 7.58. The number of carbonyl (C=O) groups excluding carboxylic acids is 1. The molecule has 0 aromatic heterocycles. The van der Waals surface area contributed by atoms with Crippen molar-refractivity contribution in [1.29, 1.82) is 0 Å². The Labute approximate surface area is 176 Å². The molecule has 1 aromatic carbocycles. The number of piperidine rings is 2. The van der Waals surface area contributed by atoms with Gasteiger partial charge in [0.15, 0.2) is 0 Å². The summed E-state index contributed by atoms with van der Waals surface area (Å²) in [5.41, 5.74) is 1.44. The van der Waals surface area contributed by atoms with Crippen molar-refractivity contribution >= 4 is 5.91 Å². The third-order valence-electron chi connectivity index (χ3n) is 6.97. The van der Waals surface area contributed by atoms with Gasteiger partial charge in [-0.25, -0.2) is 0 Å². The molecule has 5 heteroatoms. The maximum Gasteiger partial charge on any atom is 0.227 e. The summed E-state index contributed by atoms with van der Waals surface area (Å²) in [5.74, 6) is 0.568. The third-order valence-corrected chi connectivity index (χ3v) is 6.97. The van der Waals surface area contributed by atoms with Crippen molar-refractivity contribution in [3.05, 3.63) is 35.9 Å². The predicted octanol–water partition coefficient (Wildman–Crippen LogP) is 2.65. The number of carbonyl (C=O) groups is 1. The molecule has 5 nitrogen and oxygen atoms in total. The molecule has 1 atom stereocenters. The monoisotopic (exact) mass is 399 g/mol. The van der Waals surface area contributed by atoms with Gasteiger partial charge in [-0.3, -0.25) is 9.69 Å². The first kappa shape index (κ1) is 20.8. The zero-order valence-corrected chi connectivity index (χ0v) is 17.8. The van der Waals surface area contributed by atoms with Crippen molar-refractivity contribution in [2.45, 2.75) is 44.6 Å². The van der Waals surface area contributed by atoms with Crippen molar-refractivity contribution in [2.75, 3.05) is 59.0 Å². The van der Waals surface area contributed by atoms with Crippen LogP contribution in [0.2, 0.25) is 0 Å². The smallest absolute Gasteiger partial charge is 0.227 e. The Hall–Kier alpha value is -1.43. The topological polar surface area (TPSA) is 36.0 Å². The SMILES string of the molecule is O=C([C@H]1CCCN(C2CCN(CCc3ccccc3)CC2)C1)N1CCCOCC1. The highest BCUT2D eigenvalue weighted by Crippen LogP contribution is 2.25.